The fourth-order valence-electron chi connectivity index (χ4n) is 0.629. The zero-order valence-electron chi connectivity index (χ0n) is 7.65. The van der Waals surface area contributed by atoms with Crippen LogP contribution in [0.4, 0.5) is 0 Å². The van der Waals surface area contributed by atoms with Gasteiger partial charge in [0, 0.05) is 6.08 Å². The standard InChI is InChI=1S/C7H12O2.H3O3P/c1-3-6(4-2)5-7(8)9;1-4(2)3/h5H,3-4H2,1-2H3,(H,8,9);4H,(H2,1,2,3). The molecule has 0 heterocycles. The third-order valence-corrected chi connectivity index (χ3v) is 1.24. The number of rotatable bonds is 3. The first-order valence-electron chi connectivity index (χ1n) is 3.78. The lowest BCUT2D eigenvalue weighted by atomic mass is 10.1. The van der Waals surface area contributed by atoms with Crippen LogP contribution >= 0.6 is 8.25 Å². The summed E-state index contributed by atoms with van der Waals surface area (Å²) in [4.78, 5) is 24.4. The van der Waals surface area contributed by atoms with E-state index >= 15 is 0 Å². The Morgan fingerprint density at radius 3 is 1.69 bits per heavy atom. The average Bonchev–Trinajstić information content (AvgIpc) is 1.98. The Morgan fingerprint density at radius 1 is 1.31 bits per heavy atom. The highest BCUT2D eigenvalue weighted by atomic mass is 31.1. The van der Waals surface area contributed by atoms with E-state index in [2.05, 4.69) is 0 Å². The van der Waals surface area contributed by atoms with Crippen molar-refractivity contribution in [2.75, 3.05) is 0 Å². The molecular formula is C7H15O5P. The lowest BCUT2D eigenvalue weighted by Crippen LogP contribution is -1.90. The average molecular weight is 210 g/mol. The molecule has 0 spiro atoms. The smallest absolute Gasteiger partial charge is 0.328 e. The van der Waals surface area contributed by atoms with Crippen molar-refractivity contribution in [3.05, 3.63) is 11.6 Å². The molecule has 0 saturated carbocycles. The van der Waals surface area contributed by atoms with E-state index in [1.807, 2.05) is 13.8 Å². The fraction of sp³-hybridized carbons (Fsp3) is 0.571. The maximum Gasteiger partial charge on any atom is 0.328 e. The van der Waals surface area contributed by atoms with Crippen LogP contribution in [0.25, 0.3) is 0 Å². The zero-order valence-corrected chi connectivity index (χ0v) is 8.65. The van der Waals surface area contributed by atoms with E-state index < -0.39 is 14.2 Å². The largest absolute Gasteiger partial charge is 0.478 e. The molecule has 0 aliphatic rings. The van der Waals surface area contributed by atoms with Crippen molar-refractivity contribution in [1.29, 1.82) is 0 Å². The molecule has 0 unspecified atom stereocenters. The quantitative estimate of drug-likeness (QED) is 0.480. The Morgan fingerprint density at radius 2 is 1.62 bits per heavy atom. The van der Waals surface area contributed by atoms with Gasteiger partial charge in [-0.1, -0.05) is 19.4 Å². The third kappa shape index (κ3) is 18.4. The lowest BCUT2D eigenvalue weighted by Gasteiger charge is -1.94. The molecule has 0 aliphatic carbocycles. The Hall–Kier alpha value is -0.640. The summed E-state index contributed by atoms with van der Waals surface area (Å²) in [5.74, 6) is -0.839. The molecule has 0 radical (unpaired) electrons. The van der Waals surface area contributed by atoms with Crippen LogP contribution in [0.3, 0.4) is 0 Å². The summed E-state index contributed by atoms with van der Waals surface area (Å²) < 4.78 is 8.74. The van der Waals surface area contributed by atoms with Crippen LogP contribution in [0, 0.1) is 0 Å². The van der Waals surface area contributed by atoms with Crippen molar-refractivity contribution in [2.24, 2.45) is 0 Å². The van der Waals surface area contributed by atoms with Crippen LogP contribution in [-0.2, 0) is 9.36 Å². The highest BCUT2D eigenvalue weighted by Gasteiger charge is 1.92. The van der Waals surface area contributed by atoms with Gasteiger partial charge in [0.2, 0.25) is 0 Å². The number of allylic oxidation sites excluding steroid dienone is 1. The molecule has 0 bridgehead atoms. The molecule has 78 valence electrons. The molecule has 0 atom stereocenters. The number of carboxylic acid groups (broad SMARTS) is 1. The number of hydrogen-bond acceptors (Lipinski definition) is 2. The highest BCUT2D eigenvalue weighted by Crippen LogP contribution is 2.03. The second kappa shape index (κ2) is 9.45. The molecule has 5 nitrogen and oxygen atoms in total. The van der Waals surface area contributed by atoms with Crippen molar-refractivity contribution >= 4 is 14.2 Å². The van der Waals surface area contributed by atoms with E-state index in [9.17, 15) is 4.79 Å². The topological polar surface area (TPSA) is 94.8 Å². The van der Waals surface area contributed by atoms with Crippen LogP contribution < -0.4 is 0 Å². The van der Waals surface area contributed by atoms with Crippen molar-refractivity contribution in [3.8, 4) is 0 Å². The molecule has 6 heteroatoms. The molecule has 0 aliphatic heterocycles. The second-order valence-electron chi connectivity index (χ2n) is 2.13. The molecular weight excluding hydrogens is 195 g/mol. The summed E-state index contributed by atoms with van der Waals surface area (Å²) in [6, 6.07) is 0. The van der Waals surface area contributed by atoms with Gasteiger partial charge in [0.15, 0.2) is 0 Å². The van der Waals surface area contributed by atoms with Gasteiger partial charge >= 0.3 is 14.2 Å². The second-order valence-corrected chi connectivity index (χ2v) is 2.70. The maximum absolute atomic E-state index is 10.1. The minimum absolute atomic E-state index is 0.836. The molecule has 0 saturated heterocycles. The van der Waals surface area contributed by atoms with E-state index in [-0.39, 0.29) is 0 Å². The molecule has 0 amide bonds. The fourth-order valence-corrected chi connectivity index (χ4v) is 0.629. The van der Waals surface area contributed by atoms with Gasteiger partial charge in [0.1, 0.15) is 0 Å². The van der Waals surface area contributed by atoms with E-state index in [4.69, 9.17) is 19.5 Å². The van der Waals surface area contributed by atoms with Gasteiger partial charge in [-0.15, -0.1) is 0 Å². The Labute approximate surface area is 77.7 Å². The van der Waals surface area contributed by atoms with Crippen molar-refractivity contribution in [3.63, 3.8) is 0 Å². The van der Waals surface area contributed by atoms with E-state index in [1.54, 1.807) is 0 Å². The van der Waals surface area contributed by atoms with E-state index in [0.29, 0.717) is 0 Å². The molecule has 3 N–H and O–H groups in total. The van der Waals surface area contributed by atoms with Gasteiger partial charge in [0.05, 0.1) is 0 Å². The molecule has 0 aromatic rings. The first-order valence-corrected chi connectivity index (χ1v) is 5.08. The monoisotopic (exact) mass is 210 g/mol. The van der Waals surface area contributed by atoms with Crippen molar-refractivity contribution < 1.29 is 24.3 Å². The minimum Gasteiger partial charge on any atom is -0.478 e. The lowest BCUT2D eigenvalue weighted by molar-refractivity contribution is -0.131. The third-order valence-electron chi connectivity index (χ3n) is 1.24. The zero-order chi connectivity index (χ0) is 10.9. The Bertz CT molecular complexity index is 189. The summed E-state index contributed by atoms with van der Waals surface area (Å²) in [6.07, 6.45) is 2.95. The first kappa shape index (κ1) is 14.9. The Balaban J connectivity index is 0. The number of carboxylic acids is 1. The Kier molecular flexibility index (Phi) is 10.8. The molecule has 0 fully saturated rings. The van der Waals surface area contributed by atoms with Gasteiger partial charge in [-0.25, -0.2) is 4.79 Å². The SMILES string of the molecule is CCC(=CC(=O)O)CC.O=[PH](O)O. The van der Waals surface area contributed by atoms with Crippen LogP contribution in [0.1, 0.15) is 26.7 Å². The van der Waals surface area contributed by atoms with Gasteiger partial charge < -0.3 is 14.9 Å². The van der Waals surface area contributed by atoms with Gasteiger partial charge in [-0.3, -0.25) is 4.57 Å². The minimum atomic E-state index is -3.13. The summed E-state index contributed by atoms with van der Waals surface area (Å²) in [5.41, 5.74) is 0.988. The number of aliphatic carboxylic acids is 1. The van der Waals surface area contributed by atoms with Crippen LogP contribution in [0.2, 0.25) is 0 Å². The predicted octanol–water partition coefficient (Wildman–Crippen LogP) is 1.18. The van der Waals surface area contributed by atoms with Crippen LogP contribution in [-0.4, -0.2) is 20.9 Å². The molecule has 13 heavy (non-hydrogen) atoms. The van der Waals surface area contributed by atoms with Gasteiger partial charge in [-0.05, 0) is 12.8 Å². The first-order chi connectivity index (χ1) is 5.93. The highest BCUT2D eigenvalue weighted by molar-refractivity contribution is 7.30. The van der Waals surface area contributed by atoms with Crippen molar-refractivity contribution in [2.45, 2.75) is 26.7 Å². The number of carbonyl (C=O) groups is 1. The van der Waals surface area contributed by atoms with Crippen molar-refractivity contribution in [1.82, 2.24) is 0 Å². The predicted molar refractivity (Wildman–Crippen MR) is 49.7 cm³/mol. The van der Waals surface area contributed by atoms with E-state index in [1.165, 1.54) is 6.08 Å². The molecule has 0 rings (SSSR count). The number of hydrogen-bond donors (Lipinski definition) is 3. The summed E-state index contributed by atoms with van der Waals surface area (Å²) >= 11 is 0. The maximum atomic E-state index is 10.1. The van der Waals surface area contributed by atoms with E-state index in [0.717, 1.165) is 18.4 Å². The molecule has 0 aromatic carbocycles. The summed E-state index contributed by atoms with van der Waals surface area (Å²) in [6.45, 7) is 3.91. The summed E-state index contributed by atoms with van der Waals surface area (Å²) in [7, 11) is -3.13. The van der Waals surface area contributed by atoms with Gasteiger partial charge in [-0.2, -0.15) is 0 Å². The van der Waals surface area contributed by atoms with Crippen LogP contribution in [0.5, 0.6) is 0 Å². The normalized spacial score (nSPS) is 8.69. The van der Waals surface area contributed by atoms with Gasteiger partial charge in [0.25, 0.3) is 0 Å². The molecule has 0 aromatic heterocycles. The van der Waals surface area contributed by atoms with Crippen LogP contribution in [0.15, 0.2) is 11.6 Å². The summed E-state index contributed by atoms with van der Waals surface area (Å²) in [5, 5.41) is 8.27.